The predicted octanol–water partition coefficient (Wildman–Crippen LogP) is 0.809. The van der Waals surface area contributed by atoms with Gasteiger partial charge in [0.15, 0.2) is 5.11 Å². The average molecular weight is 278 g/mol. The van der Waals surface area contributed by atoms with Gasteiger partial charge in [0.2, 0.25) is 0 Å². The van der Waals surface area contributed by atoms with E-state index in [0.29, 0.717) is 11.2 Å². The number of hydrogen-bond donors (Lipinski definition) is 2. The molecule has 1 aliphatic heterocycles. The lowest BCUT2D eigenvalue weighted by Crippen LogP contribution is -3.14. The molecule has 1 aromatic rings. The number of quaternary nitrogens is 1. The lowest BCUT2D eigenvalue weighted by Gasteiger charge is -2.36. The van der Waals surface area contributed by atoms with Gasteiger partial charge in [-0.25, -0.2) is 0 Å². The lowest BCUT2D eigenvalue weighted by molar-refractivity contribution is -0.933. The van der Waals surface area contributed by atoms with Gasteiger partial charge < -0.3 is 15.5 Å². The normalized spacial score (nSPS) is 18.4. The van der Waals surface area contributed by atoms with E-state index in [1.807, 2.05) is 0 Å². The van der Waals surface area contributed by atoms with Crippen LogP contribution in [0.4, 0.5) is 0 Å². The number of piperazine rings is 1. The van der Waals surface area contributed by atoms with Crippen LogP contribution in [0, 0.1) is 13.8 Å². The Morgan fingerprint density at radius 1 is 1.32 bits per heavy atom. The first-order valence-electron chi connectivity index (χ1n) is 6.95. The fourth-order valence-electron chi connectivity index (χ4n) is 2.98. The summed E-state index contributed by atoms with van der Waals surface area (Å²) in [7, 11) is 0. The fourth-order valence-corrected chi connectivity index (χ4v) is 3.16. The Labute approximate surface area is 121 Å². The third-order valence-electron chi connectivity index (χ3n) is 4.22. The van der Waals surface area contributed by atoms with Gasteiger partial charge in [-0.2, -0.15) is 0 Å². The Bertz CT molecular complexity index is 464. The molecule has 0 amide bonds. The van der Waals surface area contributed by atoms with Crippen molar-refractivity contribution in [3.05, 3.63) is 34.9 Å². The summed E-state index contributed by atoms with van der Waals surface area (Å²) >= 11 is 5.04. The zero-order valence-electron chi connectivity index (χ0n) is 12.1. The van der Waals surface area contributed by atoms with Crippen molar-refractivity contribution in [2.45, 2.75) is 26.8 Å². The van der Waals surface area contributed by atoms with Crippen LogP contribution in [0.25, 0.3) is 0 Å². The number of benzene rings is 1. The minimum Gasteiger partial charge on any atom is -0.376 e. The second-order valence-electron chi connectivity index (χ2n) is 5.57. The number of rotatable bonds is 2. The average Bonchev–Trinajstić information content (AvgIpc) is 2.38. The Balaban J connectivity index is 2.05. The van der Waals surface area contributed by atoms with E-state index in [1.54, 1.807) is 4.90 Å². The Morgan fingerprint density at radius 2 is 1.95 bits per heavy atom. The van der Waals surface area contributed by atoms with Crippen molar-refractivity contribution in [1.82, 2.24) is 4.90 Å². The summed E-state index contributed by atoms with van der Waals surface area (Å²) in [6, 6.07) is 7.30. The van der Waals surface area contributed by atoms with E-state index in [4.69, 9.17) is 18.0 Å². The summed E-state index contributed by atoms with van der Waals surface area (Å²) in [4.78, 5) is 3.73. The second kappa shape index (κ2) is 5.88. The predicted molar refractivity (Wildman–Crippen MR) is 83.4 cm³/mol. The molecule has 0 spiro atoms. The number of nitrogens with zero attached hydrogens (tertiary/aromatic N) is 1. The number of aryl methyl sites for hydroxylation is 2. The van der Waals surface area contributed by atoms with E-state index in [0.717, 1.165) is 26.2 Å². The van der Waals surface area contributed by atoms with Crippen molar-refractivity contribution < 1.29 is 4.90 Å². The lowest BCUT2D eigenvalue weighted by atomic mass is 9.99. The van der Waals surface area contributed by atoms with Gasteiger partial charge >= 0.3 is 0 Å². The maximum absolute atomic E-state index is 5.69. The van der Waals surface area contributed by atoms with Gasteiger partial charge in [-0.1, -0.05) is 23.8 Å². The highest BCUT2D eigenvalue weighted by molar-refractivity contribution is 7.80. The van der Waals surface area contributed by atoms with Crippen LogP contribution in [0.1, 0.15) is 29.7 Å². The molecule has 1 atom stereocenters. The van der Waals surface area contributed by atoms with Crippen molar-refractivity contribution >= 4 is 17.3 Å². The molecule has 0 saturated carbocycles. The molecule has 2 rings (SSSR count). The van der Waals surface area contributed by atoms with Crippen LogP contribution in [-0.4, -0.2) is 36.2 Å². The summed E-state index contributed by atoms with van der Waals surface area (Å²) in [5.74, 6) is 0. The monoisotopic (exact) mass is 278 g/mol. The molecule has 1 heterocycles. The van der Waals surface area contributed by atoms with Crippen molar-refractivity contribution in [2.24, 2.45) is 5.73 Å². The molecule has 19 heavy (non-hydrogen) atoms. The van der Waals surface area contributed by atoms with E-state index in [2.05, 4.69) is 43.9 Å². The van der Waals surface area contributed by atoms with E-state index in [-0.39, 0.29) is 0 Å². The van der Waals surface area contributed by atoms with Gasteiger partial charge in [-0.3, -0.25) is 0 Å². The van der Waals surface area contributed by atoms with Gasteiger partial charge in [0.25, 0.3) is 0 Å². The molecule has 3 nitrogen and oxygen atoms in total. The first kappa shape index (κ1) is 14.3. The molecule has 0 aromatic heterocycles. The number of nitrogens with two attached hydrogens (primary N) is 1. The van der Waals surface area contributed by atoms with Crippen molar-refractivity contribution in [3.8, 4) is 0 Å². The first-order chi connectivity index (χ1) is 8.99. The maximum Gasteiger partial charge on any atom is 0.166 e. The zero-order valence-corrected chi connectivity index (χ0v) is 12.9. The Kier molecular flexibility index (Phi) is 4.42. The van der Waals surface area contributed by atoms with E-state index in [9.17, 15) is 0 Å². The molecule has 0 bridgehead atoms. The summed E-state index contributed by atoms with van der Waals surface area (Å²) < 4.78 is 0. The second-order valence-corrected chi connectivity index (χ2v) is 5.98. The quantitative estimate of drug-likeness (QED) is 0.786. The van der Waals surface area contributed by atoms with E-state index >= 15 is 0 Å². The minimum atomic E-state index is 0.536. The maximum atomic E-state index is 5.69. The molecule has 1 aromatic carbocycles. The highest BCUT2D eigenvalue weighted by Crippen LogP contribution is 2.16. The van der Waals surface area contributed by atoms with Crippen LogP contribution in [0.15, 0.2) is 18.2 Å². The van der Waals surface area contributed by atoms with Crippen molar-refractivity contribution in [1.29, 1.82) is 0 Å². The van der Waals surface area contributed by atoms with Crippen LogP contribution < -0.4 is 10.6 Å². The Morgan fingerprint density at radius 3 is 2.47 bits per heavy atom. The van der Waals surface area contributed by atoms with Crippen LogP contribution in [0.3, 0.4) is 0 Å². The molecule has 4 heteroatoms. The standard InChI is InChI=1S/C15H23N3S/c1-11-4-5-14(12(2)10-11)13(3)17-6-8-18(9-7-17)15(16)19/h4-5,10,13H,6-9H2,1-3H3,(H2,16,19)/p+1/t13-/m0/s1. The summed E-state index contributed by atoms with van der Waals surface area (Å²) in [6.07, 6.45) is 0. The van der Waals surface area contributed by atoms with Crippen LogP contribution in [0.2, 0.25) is 0 Å². The zero-order chi connectivity index (χ0) is 14.0. The van der Waals surface area contributed by atoms with Gasteiger partial charge in [0, 0.05) is 5.56 Å². The molecule has 0 aliphatic carbocycles. The topological polar surface area (TPSA) is 33.7 Å². The van der Waals surface area contributed by atoms with Gasteiger partial charge in [-0.15, -0.1) is 0 Å². The minimum absolute atomic E-state index is 0.536. The van der Waals surface area contributed by atoms with Gasteiger partial charge in [0.05, 0.1) is 26.2 Å². The smallest absolute Gasteiger partial charge is 0.166 e. The van der Waals surface area contributed by atoms with Crippen LogP contribution in [0.5, 0.6) is 0 Å². The number of hydrogen-bond acceptors (Lipinski definition) is 1. The van der Waals surface area contributed by atoms with E-state index < -0.39 is 0 Å². The van der Waals surface area contributed by atoms with Crippen molar-refractivity contribution in [3.63, 3.8) is 0 Å². The SMILES string of the molecule is Cc1ccc([C@H](C)[NH+]2CCN(C(N)=S)CC2)c(C)c1. The first-order valence-corrected chi connectivity index (χ1v) is 7.36. The molecule has 0 radical (unpaired) electrons. The fraction of sp³-hybridized carbons (Fsp3) is 0.533. The highest BCUT2D eigenvalue weighted by atomic mass is 32.1. The number of thiocarbonyl (C=S) groups is 1. The molecule has 3 N–H and O–H groups in total. The summed E-state index contributed by atoms with van der Waals surface area (Å²) in [5.41, 5.74) is 9.89. The third kappa shape index (κ3) is 3.25. The van der Waals surface area contributed by atoms with Gasteiger partial charge in [-0.05, 0) is 38.6 Å². The molecule has 1 aliphatic rings. The van der Waals surface area contributed by atoms with Crippen LogP contribution in [-0.2, 0) is 0 Å². The number of nitrogens with one attached hydrogen (secondary N) is 1. The van der Waals surface area contributed by atoms with E-state index in [1.165, 1.54) is 16.7 Å². The largest absolute Gasteiger partial charge is 0.376 e. The third-order valence-corrected chi connectivity index (χ3v) is 4.48. The molecule has 1 fully saturated rings. The molecular formula is C15H24N3S+. The van der Waals surface area contributed by atoms with Crippen LogP contribution >= 0.6 is 12.2 Å². The molecule has 104 valence electrons. The molecular weight excluding hydrogens is 254 g/mol. The van der Waals surface area contributed by atoms with Gasteiger partial charge in [0.1, 0.15) is 6.04 Å². The highest BCUT2D eigenvalue weighted by Gasteiger charge is 2.26. The Hall–Kier alpha value is -1.13. The molecule has 0 unspecified atom stereocenters. The summed E-state index contributed by atoms with van der Waals surface area (Å²) in [6.45, 7) is 10.8. The molecule has 1 saturated heterocycles. The van der Waals surface area contributed by atoms with Crippen molar-refractivity contribution in [2.75, 3.05) is 26.2 Å². The summed E-state index contributed by atoms with van der Waals surface area (Å²) in [5, 5.41) is 0.540.